The average Bonchev–Trinajstić information content (AvgIpc) is 3.30. The fourth-order valence-corrected chi connectivity index (χ4v) is 7.46. The molecule has 0 spiro atoms. The monoisotopic (exact) mass is 442 g/mol. The maximum Gasteiger partial charge on any atom is 0.106 e. The number of aromatic nitrogens is 2. The lowest BCUT2D eigenvalue weighted by atomic mass is 9.66. The second kappa shape index (κ2) is 8.56. The first-order chi connectivity index (χ1) is 16.1. The van der Waals surface area contributed by atoms with E-state index in [-0.39, 0.29) is 0 Å². The molecule has 1 aliphatic carbocycles. The molecule has 0 amide bonds. The molecule has 2 bridgehead atoms. The Morgan fingerprint density at radius 3 is 2.27 bits per heavy atom. The molecule has 1 aromatic heterocycles. The van der Waals surface area contributed by atoms with Crippen molar-refractivity contribution >= 4 is 11.0 Å². The molecule has 174 valence electrons. The highest BCUT2D eigenvalue weighted by atomic mass is 15.2. The predicted octanol–water partition coefficient (Wildman–Crippen LogP) is 5.74. The maximum atomic E-state index is 6.32. The van der Waals surface area contributed by atoms with Crippen LogP contribution in [0.5, 0.6) is 0 Å². The summed E-state index contributed by atoms with van der Waals surface area (Å²) in [4.78, 5) is 7.76. The number of piperidine rings is 1. The van der Waals surface area contributed by atoms with E-state index >= 15 is 0 Å². The summed E-state index contributed by atoms with van der Waals surface area (Å²) < 4.78 is 2.55. The SMILES string of the molecule is Cc1nc2ccccc2n1C1CC2CCC(C1)N2CCC1(c2ccccc2)CCC(N)CC1. The Labute approximate surface area is 198 Å². The lowest BCUT2D eigenvalue weighted by molar-refractivity contribution is 0.0910. The van der Waals surface area contributed by atoms with Gasteiger partial charge in [0.2, 0.25) is 0 Å². The summed E-state index contributed by atoms with van der Waals surface area (Å²) in [5.41, 5.74) is 10.6. The first kappa shape index (κ1) is 21.4. The number of nitrogens with zero attached hydrogens (tertiary/aromatic N) is 3. The van der Waals surface area contributed by atoms with Crippen LogP contribution in [0.3, 0.4) is 0 Å². The molecule has 2 aromatic carbocycles. The summed E-state index contributed by atoms with van der Waals surface area (Å²) in [6.07, 6.45) is 11.3. The molecule has 1 saturated carbocycles. The summed E-state index contributed by atoms with van der Waals surface area (Å²) in [5, 5.41) is 0. The van der Waals surface area contributed by atoms with Gasteiger partial charge in [-0.3, -0.25) is 4.90 Å². The van der Waals surface area contributed by atoms with Crippen LogP contribution < -0.4 is 5.73 Å². The lowest BCUT2D eigenvalue weighted by Gasteiger charge is -2.44. The Morgan fingerprint density at radius 1 is 0.879 bits per heavy atom. The van der Waals surface area contributed by atoms with Crippen molar-refractivity contribution in [2.75, 3.05) is 6.54 Å². The number of imidazole rings is 1. The van der Waals surface area contributed by atoms with Gasteiger partial charge >= 0.3 is 0 Å². The van der Waals surface area contributed by atoms with Crippen molar-refractivity contribution in [3.05, 3.63) is 66.0 Å². The van der Waals surface area contributed by atoms with E-state index in [0.717, 1.165) is 18.4 Å². The number of aryl methyl sites for hydroxylation is 1. The van der Waals surface area contributed by atoms with Crippen LogP contribution in [-0.2, 0) is 5.41 Å². The van der Waals surface area contributed by atoms with Crippen LogP contribution in [0.2, 0.25) is 0 Å². The number of hydrogen-bond donors (Lipinski definition) is 1. The fraction of sp³-hybridized carbons (Fsp3) is 0.552. The number of hydrogen-bond acceptors (Lipinski definition) is 3. The zero-order valence-electron chi connectivity index (χ0n) is 20.0. The summed E-state index contributed by atoms with van der Waals surface area (Å²) in [6.45, 7) is 3.42. The molecule has 2 atom stereocenters. The van der Waals surface area contributed by atoms with E-state index in [9.17, 15) is 0 Å². The van der Waals surface area contributed by atoms with Gasteiger partial charge < -0.3 is 10.3 Å². The Morgan fingerprint density at radius 2 is 1.55 bits per heavy atom. The third-order valence-corrected chi connectivity index (χ3v) is 9.22. The van der Waals surface area contributed by atoms with Crippen LogP contribution in [0.4, 0.5) is 0 Å². The molecule has 0 radical (unpaired) electrons. The van der Waals surface area contributed by atoms with Gasteiger partial charge in [-0.1, -0.05) is 42.5 Å². The van der Waals surface area contributed by atoms with E-state index in [1.54, 1.807) is 5.56 Å². The van der Waals surface area contributed by atoms with Crippen molar-refractivity contribution in [2.24, 2.45) is 5.73 Å². The van der Waals surface area contributed by atoms with Gasteiger partial charge in [-0.15, -0.1) is 0 Å². The molecular weight excluding hydrogens is 404 g/mol. The molecule has 4 nitrogen and oxygen atoms in total. The van der Waals surface area contributed by atoms with Crippen LogP contribution in [0, 0.1) is 6.92 Å². The molecule has 2 saturated heterocycles. The van der Waals surface area contributed by atoms with Crippen LogP contribution >= 0.6 is 0 Å². The average molecular weight is 443 g/mol. The van der Waals surface area contributed by atoms with E-state index in [4.69, 9.17) is 10.7 Å². The number of para-hydroxylation sites is 2. The highest BCUT2D eigenvalue weighted by molar-refractivity contribution is 5.76. The van der Waals surface area contributed by atoms with Crippen molar-refractivity contribution in [3.8, 4) is 0 Å². The zero-order chi connectivity index (χ0) is 22.4. The van der Waals surface area contributed by atoms with Gasteiger partial charge in [0.15, 0.2) is 0 Å². The van der Waals surface area contributed by atoms with Crippen molar-refractivity contribution in [3.63, 3.8) is 0 Å². The number of fused-ring (bicyclic) bond motifs is 3. The van der Waals surface area contributed by atoms with Gasteiger partial charge in [-0.2, -0.15) is 0 Å². The molecule has 3 aromatic rings. The predicted molar refractivity (Wildman–Crippen MR) is 135 cm³/mol. The van der Waals surface area contributed by atoms with Crippen LogP contribution in [-0.4, -0.2) is 39.1 Å². The molecule has 2 unspecified atom stereocenters. The van der Waals surface area contributed by atoms with Crippen molar-refractivity contribution in [2.45, 2.75) is 94.3 Å². The molecular formula is C29H38N4. The fourth-order valence-electron chi connectivity index (χ4n) is 7.46. The number of benzene rings is 2. The quantitative estimate of drug-likeness (QED) is 0.548. The number of rotatable bonds is 5. The minimum atomic E-state index is 0.310. The minimum absolute atomic E-state index is 0.310. The van der Waals surface area contributed by atoms with Gasteiger partial charge in [0.25, 0.3) is 0 Å². The molecule has 2 aliphatic heterocycles. The van der Waals surface area contributed by atoms with Crippen molar-refractivity contribution < 1.29 is 0 Å². The zero-order valence-corrected chi connectivity index (χ0v) is 20.0. The maximum absolute atomic E-state index is 6.32. The molecule has 3 fully saturated rings. The topological polar surface area (TPSA) is 47.1 Å². The molecule has 3 heterocycles. The second-order valence-corrected chi connectivity index (χ2v) is 11.0. The molecule has 6 rings (SSSR count). The standard InChI is InChI=1S/C29H38N4/c1-21-31-27-9-5-6-10-28(27)33(21)26-19-24-11-12-25(20-26)32(24)18-17-29(15-13-23(30)14-16-29)22-7-3-2-4-8-22/h2-10,23-26H,11-20,30H2,1H3. The van der Waals surface area contributed by atoms with E-state index in [1.807, 2.05) is 0 Å². The molecule has 4 heteroatoms. The highest BCUT2D eigenvalue weighted by Crippen LogP contribution is 2.46. The van der Waals surface area contributed by atoms with E-state index in [1.165, 1.54) is 62.8 Å². The summed E-state index contributed by atoms with van der Waals surface area (Å²) in [5.74, 6) is 1.18. The van der Waals surface area contributed by atoms with E-state index in [0.29, 0.717) is 29.6 Å². The Balaban J connectivity index is 1.20. The number of nitrogens with two attached hydrogens (primary N) is 1. The highest BCUT2D eigenvalue weighted by Gasteiger charge is 2.43. The second-order valence-electron chi connectivity index (χ2n) is 11.0. The Kier molecular flexibility index (Phi) is 5.54. The molecule has 33 heavy (non-hydrogen) atoms. The molecule has 2 N–H and O–H groups in total. The third kappa shape index (κ3) is 3.81. The van der Waals surface area contributed by atoms with Gasteiger partial charge in [-0.25, -0.2) is 4.98 Å². The minimum Gasteiger partial charge on any atom is -0.328 e. The third-order valence-electron chi connectivity index (χ3n) is 9.22. The largest absolute Gasteiger partial charge is 0.328 e. The van der Waals surface area contributed by atoms with Gasteiger partial charge in [0.1, 0.15) is 5.82 Å². The van der Waals surface area contributed by atoms with Gasteiger partial charge in [-0.05, 0) is 94.4 Å². The van der Waals surface area contributed by atoms with Crippen LogP contribution in [0.15, 0.2) is 54.6 Å². The van der Waals surface area contributed by atoms with Crippen molar-refractivity contribution in [1.29, 1.82) is 0 Å². The van der Waals surface area contributed by atoms with Crippen LogP contribution in [0.25, 0.3) is 11.0 Å². The normalized spacial score (nSPS) is 32.4. The van der Waals surface area contributed by atoms with Gasteiger partial charge in [0.05, 0.1) is 11.0 Å². The van der Waals surface area contributed by atoms with Gasteiger partial charge in [0, 0.05) is 24.2 Å². The summed E-state index contributed by atoms with van der Waals surface area (Å²) in [7, 11) is 0. The summed E-state index contributed by atoms with van der Waals surface area (Å²) >= 11 is 0. The Hall–Kier alpha value is -2.17. The first-order valence-electron chi connectivity index (χ1n) is 13.1. The van der Waals surface area contributed by atoms with Crippen LogP contribution in [0.1, 0.15) is 75.2 Å². The molecule has 3 aliphatic rings. The summed E-state index contributed by atoms with van der Waals surface area (Å²) in [6, 6.07) is 22.4. The first-order valence-corrected chi connectivity index (χ1v) is 13.1. The Bertz CT molecular complexity index is 1080. The smallest absolute Gasteiger partial charge is 0.106 e. The van der Waals surface area contributed by atoms with E-state index < -0.39 is 0 Å². The lowest BCUT2D eigenvalue weighted by Crippen LogP contribution is -2.46. The van der Waals surface area contributed by atoms with Crippen molar-refractivity contribution in [1.82, 2.24) is 14.5 Å². The van der Waals surface area contributed by atoms with E-state index in [2.05, 4.69) is 71.0 Å².